The van der Waals surface area contributed by atoms with E-state index >= 15 is 0 Å². The second-order valence-electron chi connectivity index (χ2n) is 7.24. The molecular formula is C24H29FN4O2. The normalized spacial score (nSPS) is 10.7. The molecule has 0 aliphatic heterocycles. The Morgan fingerprint density at radius 2 is 1.84 bits per heavy atom. The molecule has 0 saturated heterocycles. The van der Waals surface area contributed by atoms with E-state index in [1.54, 1.807) is 18.3 Å². The number of aromatic nitrogens is 2. The highest BCUT2D eigenvalue weighted by Crippen LogP contribution is 2.25. The van der Waals surface area contributed by atoms with Gasteiger partial charge in [0.05, 0.1) is 18.5 Å². The zero-order chi connectivity index (χ0) is 22.4. The van der Waals surface area contributed by atoms with Gasteiger partial charge in [0.1, 0.15) is 5.82 Å². The first-order valence-corrected chi connectivity index (χ1v) is 10.6. The number of nitrogens with one attached hydrogen (secondary N) is 1. The van der Waals surface area contributed by atoms with Crippen molar-refractivity contribution in [2.24, 2.45) is 0 Å². The molecule has 3 rings (SSSR count). The number of nitrogens with zero attached hydrogens (tertiary/aromatic N) is 3. The van der Waals surface area contributed by atoms with Crippen molar-refractivity contribution in [3.8, 4) is 11.4 Å². The summed E-state index contributed by atoms with van der Waals surface area (Å²) < 4.78 is 20.5. The van der Waals surface area contributed by atoms with E-state index < -0.39 is 0 Å². The van der Waals surface area contributed by atoms with Gasteiger partial charge in [0, 0.05) is 24.5 Å². The standard InChI is InChI=1S/C24H29FN4O2/c1-5-14-31-22-16-29(19-10-8-18(25)9-11-19)27-23(22)24(30)26-21-13-12-20(15-17(21)4)28(6-2)7-3/h8-13,15-16H,5-7,14H2,1-4H3,(H,26,30). The topological polar surface area (TPSA) is 59.4 Å². The lowest BCUT2D eigenvalue weighted by Gasteiger charge is -2.22. The van der Waals surface area contributed by atoms with Crippen LogP contribution in [-0.2, 0) is 0 Å². The van der Waals surface area contributed by atoms with Crippen LogP contribution >= 0.6 is 0 Å². The van der Waals surface area contributed by atoms with Crippen LogP contribution in [0.3, 0.4) is 0 Å². The first-order valence-electron chi connectivity index (χ1n) is 10.6. The van der Waals surface area contributed by atoms with E-state index in [-0.39, 0.29) is 17.4 Å². The van der Waals surface area contributed by atoms with Gasteiger partial charge in [0.15, 0.2) is 11.4 Å². The summed E-state index contributed by atoms with van der Waals surface area (Å²) in [4.78, 5) is 15.3. The molecule has 0 aliphatic rings. The number of aryl methyl sites for hydroxylation is 1. The van der Waals surface area contributed by atoms with Crippen molar-refractivity contribution in [1.29, 1.82) is 0 Å². The summed E-state index contributed by atoms with van der Waals surface area (Å²) in [5.74, 6) is -0.299. The molecule has 7 heteroatoms. The van der Waals surface area contributed by atoms with E-state index in [9.17, 15) is 9.18 Å². The Labute approximate surface area is 182 Å². The highest BCUT2D eigenvalue weighted by molar-refractivity contribution is 6.05. The van der Waals surface area contributed by atoms with Gasteiger partial charge in [-0.15, -0.1) is 0 Å². The van der Waals surface area contributed by atoms with E-state index in [2.05, 4.69) is 35.2 Å². The Bertz CT molecular complexity index is 1030. The molecule has 0 saturated carbocycles. The van der Waals surface area contributed by atoms with Crippen LogP contribution in [0.5, 0.6) is 5.75 Å². The first kappa shape index (κ1) is 22.3. The van der Waals surface area contributed by atoms with Gasteiger partial charge < -0.3 is 15.0 Å². The maximum Gasteiger partial charge on any atom is 0.280 e. The van der Waals surface area contributed by atoms with Crippen LogP contribution in [0.2, 0.25) is 0 Å². The average Bonchev–Trinajstić information content (AvgIpc) is 3.19. The molecule has 1 aromatic heterocycles. The number of hydrogen-bond donors (Lipinski definition) is 1. The number of amides is 1. The van der Waals surface area contributed by atoms with Crippen LogP contribution < -0.4 is 15.0 Å². The van der Waals surface area contributed by atoms with Crippen LogP contribution in [0.15, 0.2) is 48.7 Å². The number of halogens is 1. The molecule has 6 nitrogen and oxygen atoms in total. The van der Waals surface area contributed by atoms with Crippen LogP contribution in [-0.4, -0.2) is 35.4 Å². The summed E-state index contributed by atoms with van der Waals surface area (Å²) >= 11 is 0. The van der Waals surface area contributed by atoms with Crippen molar-refractivity contribution in [2.75, 3.05) is 29.9 Å². The van der Waals surface area contributed by atoms with Gasteiger partial charge in [0.25, 0.3) is 5.91 Å². The Balaban J connectivity index is 1.87. The minimum absolute atomic E-state index is 0.185. The number of ether oxygens (including phenoxy) is 1. The second-order valence-corrected chi connectivity index (χ2v) is 7.24. The van der Waals surface area contributed by atoms with E-state index in [1.807, 2.05) is 26.0 Å². The number of benzene rings is 2. The second kappa shape index (κ2) is 10.1. The van der Waals surface area contributed by atoms with Crippen molar-refractivity contribution in [2.45, 2.75) is 34.1 Å². The molecule has 0 bridgehead atoms. The van der Waals surface area contributed by atoms with Crippen LogP contribution in [0.4, 0.5) is 15.8 Å². The summed E-state index contributed by atoms with van der Waals surface area (Å²) in [5, 5.41) is 7.36. The highest BCUT2D eigenvalue weighted by atomic mass is 19.1. The Kier molecular flexibility index (Phi) is 7.28. The highest BCUT2D eigenvalue weighted by Gasteiger charge is 2.20. The maximum absolute atomic E-state index is 13.3. The first-order chi connectivity index (χ1) is 15.0. The van der Waals surface area contributed by atoms with Crippen molar-refractivity contribution in [1.82, 2.24) is 9.78 Å². The number of carbonyl (C=O) groups excluding carboxylic acids is 1. The molecule has 3 aromatic rings. The fraction of sp³-hybridized carbons (Fsp3) is 0.333. The molecule has 1 N–H and O–H groups in total. The van der Waals surface area contributed by atoms with Crippen LogP contribution in [0.1, 0.15) is 43.2 Å². The molecule has 2 aromatic carbocycles. The predicted molar refractivity (Wildman–Crippen MR) is 122 cm³/mol. The lowest BCUT2D eigenvalue weighted by Crippen LogP contribution is -2.22. The predicted octanol–water partition coefficient (Wildman–Crippen LogP) is 5.21. The molecule has 0 unspecified atom stereocenters. The van der Waals surface area contributed by atoms with E-state index in [4.69, 9.17) is 4.74 Å². The molecule has 0 atom stereocenters. The number of anilines is 2. The van der Waals surface area contributed by atoms with Crippen LogP contribution in [0, 0.1) is 12.7 Å². The lowest BCUT2D eigenvalue weighted by molar-refractivity contribution is 0.101. The summed E-state index contributed by atoms with van der Waals surface area (Å²) in [6.07, 6.45) is 2.45. The summed E-state index contributed by atoms with van der Waals surface area (Å²) in [6, 6.07) is 11.9. The van der Waals surface area contributed by atoms with Gasteiger partial charge in [-0.25, -0.2) is 9.07 Å². The third kappa shape index (κ3) is 5.23. The van der Waals surface area contributed by atoms with Gasteiger partial charge in [-0.05, 0) is 75.2 Å². The molecule has 164 valence electrons. The van der Waals surface area contributed by atoms with Crippen molar-refractivity contribution >= 4 is 17.3 Å². The Morgan fingerprint density at radius 1 is 1.13 bits per heavy atom. The van der Waals surface area contributed by atoms with Crippen molar-refractivity contribution in [3.05, 3.63) is 65.7 Å². The zero-order valence-corrected chi connectivity index (χ0v) is 18.5. The average molecular weight is 425 g/mol. The zero-order valence-electron chi connectivity index (χ0n) is 18.5. The van der Waals surface area contributed by atoms with E-state index in [1.165, 1.54) is 16.8 Å². The molecule has 0 radical (unpaired) electrons. The van der Waals surface area contributed by atoms with E-state index in [0.717, 1.165) is 36.4 Å². The minimum atomic E-state index is -0.356. The number of hydrogen-bond acceptors (Lipinski definition) is 4. The fourth-order valence-corrected chi connectivity index (χ4v) is 3.31. The quantitative estimate of drug-likeness (QED) is 0.512. The largest absolute Gasteiger partial charge is 0.489 e. The Hall–Kier alpha value is -3.35. The molecule has 0 spiro atoms. The van der Waals surface area contributed by atoms with Gasteiger partial charge in [-0.3, -0.25) is 4.79 Å². The van der Waals surface area contributed by atoms with Crippen molar-refractivity contribution in [3.63, 3.8) is 0 Å². The van der Waals surface area contributed by atoms with Crippen molar-refractivity contribution < 1.29 is 13.9 Å². The summed E-state index contributed by atoms with van der Waals surface area (Å²) in [7, 11) is 0. The smallest absolute Gasteiger partial charge is 0.280 e. The third-order valence-corrected chi connectivity index (χ3v) is 5.04. The summed E-state index contributed by atoms with van der Waals surface area (Å²) in [6.45, 7) is 10.5. The van der Waals surface area contributed by atoms with Gasteiger partial charge in [-0.2, -0.15) is 5.10 Å². The monoisotopic (exact) mass is 424 g/mol. The number of rotatable bonds is 9. The molecule has 0 fully saturated rings. The Morgan fingerprint density at radius 3 is 2.45 bits per heavy atom. The maximum atomic E-state index is 13.3. The van der Waals surface area contributed by atoms with E-state index in [0.29, 0.717) is 18.0 Å². The van der Waals surface area contributed by atoms with Gasteiger partial charge >= 0.3 is 0 Å². The SMILES string of the molecule is CCCOc1cn(-c2ccc(F)cc2)nc1C(=O)Nc1ccc(N(CC)CC)cc1C. The molecule has 0 aliphatic carbocycles. The molecule has 1 heterocycles. The third-order valence-electron chi connectivity index (χ3n) is 5.04. The summed E-state index contributed by atoms with van der Waals surface area (Å²) in [5.41, 5.74) is 3.63. The molecule has 31 heavy (non-hydrogen) atoms. The molecule has 1 amide bonds. The van der Waals surface area contributed by atoms with Gasteiger partial charge in [-0.1, -0.05) is 6.92 Å². The van der Waals surface area contributed by atoms with Gasteiger partial charge in [0.2, 0.25) is 0 Å². The minimum Gasteiger partial charge on any atom is -0.489 e. The number of carbonyl (C=O) groups is 1. The molecular weight excluding hydrogens is 395 g/mol. The fourth-order valence-electron chi connectivity index (χ4n) is 3.31. The lowest BCUT2D eigenvalue weighted by atomic mass is 10.1. The van der Waals surface area contributed by atoms with Crippen LogP contribution in [0.25, 0.3) is 5.69 Å².